The third-order valence-corrected chi connectivity index (χ3v) is 7.84. The summed E-state index contributed by atoms with van der Waals surface area (Å²) in [6, 6.07) is 0. The summed E-state index contributed by atoms with van der Waals surface area (Å²) < 4.78 is 0. The van der Waals surface area contributed by atoms with E-state index in [-0.39, 0.29) is 5.41 Å². The van der Waals surface area contributed by atoms with Crippen LogP contribution in [-0.4, -0.2) is 16.5 Å². The molecule has 5 atom stereocenters. The molecule has 1 N–H and O–H groups in total. The summed E-state index contributed by atoms with van der Waals surface area (Å²) in [6.07, 6.45) is 13.8. The molecule has 128 valence electrons. The minimum Gasteiger partial charge on any atom is -0.377 e. The van der Waals surface area contributed by atoms with E-state index in [9.17, 15) is 9.90 Å². The van der Waals surface area contributed by atoms with Crippen LogP contribution in [0.4, 0.5) is 0 Å². The van der Waals surface area contributed by atoms with E-state index in [1.807, 2.05) is 0 Å². The minimum atomic E-state index is -0.975. The van der Waals surface area contributed by atoms with Gasteiger partial charge in [0.15, 0.2) is 0 Å². The summed E-state index contributed by atoms with van der Waals surface area (Å²) in [5.74, 6) is 4.65. The van der Waals surface area contributed by atoms with Crippen LogP contribution in [-0.2, 0) is 4.79 Å². The highest BCUT2D eigenvalue weighted by Gasteiger charge is 2.63. The second-order valence-corrected chi connectivity index (χ2v) is 8.52. The van der Waals surface area contributed by atoms with Gasteiger partial charge in [-0.1, -0.05) is 36.1 Å². The highest BCUT2D eigenvalue weighted by molar-refractivity contribution is 5.83. The Bertz CT molecular complexity index is 679. The molecule has 0 aliphatic heterocycles. The second kappa shape index (κ2) is 5.33. The van der Waals surface area contributed by atoms with Crippen LogP contribution in [0.1, 0.15) is 64.7 Å². The fourth-order valence-electron chi connectivity index (χ4n) is 6.77. The molecular weight excluding hydrogens is 296 g/mol. The maximum atomic E-state index is 11.9. The van der Waals surface area contributed by atoms with Gasteiger partial charge in [0, 0.05) is 24.2 Å². The van der Waals surface area contributed by atoms with E-state index in [1.54, 1.807) is 0 Å². The molecule has 2 saturated carbocycles. The van der Waals surface area contributed by atoms with Crippen LogP contribution in [0.2, 0.25) is 0 Å². The Labute approximate surface area is 145 Å². The topological polar surface area (TPSA) is 37.3 Å². The first-order valence-electron chi connectivity index (χ1n) is 9.56. The van der Waals surface area contributed by atoms with Crippen molar-refractivity contribution in [2.45, 2.75) is 70.3 Å². The second-order valence-electron chi connectivity index (χ2n) is 8.52. The van der Waals surface area contributed by atoms with Crippen molar-refractivity contribution in [3.8, 4) is 12.3 Å². The van der Waals surface area contributed by atoms with Crippen LogP contribution >= 0.6 is 0 Å². The van der Waals surface area contributed by atoms with Crippen molar-refractivity contribution >= 4 is 5.78 Å². The number of carbonyl (C=O) groups is 1. The molecule has 4 aliphatic carbocycles. The van der Waals surface area contributed by atoms with Gasteiger partial charge in [0.2, 0.25) is 0 Å². The number of fused-ring (bicyclic) bond motifs is 4. The highest BCUT2D eigenvalue weighted by atomic mass is 16.3. The standard InChI is InChI=1S/C22H28O2/c1-4-21-13-14(3)20-17-9-7-16(23)12-15(17)6-8-18(20)19(21)10-11-22(21,24)5-2/h2,18-20,24H,3-4,6-13H2,1H3/t18-,19-,20+,21-,22-/m0/s1. The van der Waals surface area contributed by atoms with Gasteiger partial charge in [-0.05, 0) is 56.8 Å². The molecule has 0 radical (unpaired) electrons. The molecule has 0 heterocycles. The van der Waals surface area contributed by atoms with Crippen molar-refractivity contribution < 1.29 is 9.90 Å². The largest absolute Gasteiger partial charge is 0.377 e. The minimum absolute atomic E-state index is 0.192. The average Bonchev–Trinajstić information content (AvgIpc) is 2.88. The Morgan fingerprint density at radius 1 is 1.33 bits per heavy atom. The summed E-state index contributed by atoms with van der Waals surface area (Å²) in [5, 5.41) is 11.2. The smallest absolute Gasteiger partial charge is 0.137 e. The van der Waals surface area contributed by atoms with Crippen LogP contribution in [0, 0.1) is 35.5 Å². The third kappa shape index (κ3) is 1.91. The molecule has 4 aliphatic rings. The molecule has 4 rings (SSSR count). The average molecular weight is 324 g/mol. The summed E-state index contributed by atoms with van der Waals surface area (Å²) >= 11 is 0. The van der Waals surface area contributed by atoms with Gasteiger partial charge in [0.05, 0.1) is 0 Å². The number of allylic oxidation sites excluding steroid dienone is 3. The fourth-order valence-corrected chi connectivity index (χ4v) is 6.77. The van der Waals surface area contributed by atoms with Crippen molar-refractivity contribution in [1.29, 1.82) is 0 Å². The maximum Gasteiger partial charge on any atom is 0.137 e. The molecule has 0 aromatic heterocycles. The van der Waals surface area contributed by atoms with E-state index in [0.29, 0.717) is 36.4 Å². The predicted octanol–water partition coefficient (Wildman–Crippen LogP) is 4.19. The van der Waals surface area contributed by atoms with Gasteiger partial charge < -0.3 is 5.11 Å². The van der Waals surface area contributed by atoms with E-state index in [0.717, 1.165) is 44.9 Å². The quantitative estimate of drug-likeness (QED) is 0.580. The molecule has 0 saturated heterocycles. The monoisotopic (exact) mass is 324 g/mol. The number of ketones is 1. The van der Waals surface area contributed by atoms with E-state index in [4.69, 9.17) is 6.42 Å². The van der Waals surface area contributed by atoms with Crippen LogP contribution in [0.15, 0.2) is 23.3 Å². The van der Waals surface area contributed by atoms with Crippen LogP contribution < -0.4 is 0 Å². The lowest BCUT2D eigenvalue weighted by molar-refractivity contribution is -0.119. The zero-order chi connectivity index (χ0) is 17.1. The first kappa shape index (κ1) is 16.2. The van der Waals surface area contributed by atoms with Gasteiger partial charge >= 0.3 is 0 Å². The number of hydrogen-bond donors (Lipinski definition) is 1. The summed E-state index contributed by atoms with van der Waals surface area (Å²) in [7, 11) is 0. The molecule has 2 heteroatoms. The van der Waals surface area contributed by atoms with E-state index in [2.05, 4.69) is 19.4 Å². The molecule has 0 bridgehead atoms. The number of hydrogen-bond acceptors (Lipinski definition) is 2. The van der Waals surface area contributed by atoms with Gasteiger partial charge in [0.25, 0.3) is 0 Å². The van der Waals surface area contributed by atoms with Gasteiger partial charge in [-0.2, -0.15) is 0 Å². The molecule has 2 fully saturated rings. The number of carbonyl (C=O) groups excluding carboxylic acids is 1. The molecule has 0 amide bonds. The summed E-state index contributed by atoms with van der Waals surface area (Å²) in [5.41, 5.74) is 3.02. The van der Waals surface area contributed by atoms with Gasteiger partial charge in [-0.3, -0.25) is 4.79 Å². The van der Waals surface area contributed by atoms with Gasteiger partial charge in [-0.15, -0.1) is 6.42 Å². The SMILES string of the molecule is C#C[C@]1(O)CC[C@H]2[C@@H]3CCC4=C(CCC(=O)C4)[C@H]3C(=C)C[C@@]21CC. The number of Topliss-reactive ketones (excluding diaryl/α,β-unsaturated/α-hetero) is 1. The lowest BCUT2D eigenvalue weighted by atomic mass is 9.50. The molecule has 0 unspecified atom stereocenters. The van der Waals surface area contributed by atoms with Crippen LogP contribution in [0.5, 0.6) is 0 Å². The Morgan fingerprint density at radius 3 is 2.83 bits per heavy atom. The molecule has 0 aromatic rings. The lowest BCUT2D eigenvalue weighted by Crippen LogP contribution is -2.53. The Kier molecular flexibility index (Phi) is 3.59. The first-order valence-corrected chi connectivity index (χ1v) is 9.56. The van der Waals surface area contributed by atoms with Gasteiger partial charge in [0.1, 0.15) is 11.4 Å². The van der Waals surface area contributed by atoms with Crippen molar-refractivity contribution in [2.75, 3.05) is 0 Å². The number of terminal acetylenes is 1. The van der Waals surface area contributed by atoms with Crippen molar-refractivity contribution in [3.05, 3.63) is 23.3 Å². The Hall–Kier alpha value is -1.33. The third-order valence-electron chi connectivity index (χ3n) is 7.84. The molecular formula is C22H28O2. The van der Waals surface area contributed by atoms with Crippen molar-refractivity contribution in [3.63, 3.8) is 0 Å². The first-order chi connectivity index (χ1) is 11.5. The Balaban J connectivity index is 1.76. The van der Waals surface area contributed by atoms with E-state index < -0.39 is 5.60 Å². The predicted molar refractivity (Wildman–Crippen MR) is 95.1 cm³/mol. The molecule has 0 aromatic carbocycles. The normalized spacial score (nSPS) is 44.6. The van der Waals surface area contributed by atoms with Gasteiger partial charge in [-0.25, -0.2) is 0 Å². The summed E-state index contributed by atoms with van der Waals surface area (Å²) in [4.78, 5) is 11.9. The van der Waals surface area contributed by atoms with E-state index in [1.165, 1.54) is 16.7 Å². The zero-order valence-electron chi connectivity index (χ0n) is 14.7. The van der Waals surface area contributed by atoms with E-state index >= 15 is 0 Å². The number of aliphatic hydroxyl groups is 1. The molecule has 24 heavy (non-hydrogen) atoms. The van der Waals surface area contributed by atoms with Crippen molar-refractivity contribution in [2.24, 2.45) is 23.2 Å². The Morgan fingerprint density at radius 2 is 2.12 bits per heavy atom. The molecule has 0 spiro atoms. The zero-order valence-corrected chi connectivity index (χ0v) is 14.7. The van der Waals surface area contributed by atoms with Crippen LogP contribution in [0.3, 0.4) is 0 Å². The van der Waals surface area contributed by atoms with Crippen LogP contribution in [0.25, 0.3) is 0 Å². The summed E-state index contributed by atoms with van der Waals surface area (Å²) in [6.45, 7) is 6.64. The number of rotatable bonds is 1. The molecule has 2 nitrogen and oxygen atoms in total. The van der Waals surface area contributed by atoms with Crippen molar-refractivity contribution in [1.82, 2.24) is 0 Å². The lowest BCUT2D eigenvalue weighted by Gasteiger charge is -2.55. The highest BCUT2D eigenvalue weighted by Crippen LogP contribution is 2.66. The fraction of sp³-hybridized carbons (Fsp3) is 0.682. The maximum absolute atomic E-state index is 11.9.